The van der Waals surface area contributed by atoms with Gasteiger partial charge in [-0.1, -0.05) is 42.5 Å². The number of benzene rings is 3. The van der Waals surface area contributed by atoms with Crippen molar-refractivity contribution in [2.45, 2.75) is 32.4 Å². The van der Waals surface area contributed by atoms with Crippen molar-refractivity contribution in [3.05, 3.63) is 120 Å². The van der Waals surface area contributed by atoms with Crippen LogP contribution in [0.1, 0.15) is 41.1 Å². The lowest BCUT2D eigenvalue weighted by molar-refractivity contribution is -0.116. The number of morpholine rings is 1. The molecule has 3 aromatic carbocycles. The molecule has 0 saturated carbocycles. The van der Waals surface area contributed by atoms with Gasteiger partial charge in [-0.25, -0.2) is 0 Å². The number of aromatic nitrogens is 2. The standard InChI is InChI=1S/C37H38N6O2S/c1-25-24-31(26(2)43(25)29-15-13-28(14-16-29)41-20-22-45-23-21-41)36-35(33-11-5-6-18-38-33)40-37(46)42(36)19-17-34(44)39-32-12-7-9-27-8-3-4-10-30(27)32/h3-16,18,24,35-36H,17,19-23H2,1-2H3,(H,39,44)(H,40,46)/t35-,36-/m0/s1. The number of carbonyl (C=O) groups excluding carboxylic acids is 1. The van der Waals surface area contributed by atoms with Gasteiger partial charge in [0.25, 0.3) is 0 Å². The van der Waals surface area contributed by atoms with Gasteiger partial charge in [0.2, 0.25) is 5.91 Å². The van der Waals surface area contributed by atoms with Crippen molar-refractivity contribution in [1.29, 1.82) is 0 Å². The first-order valence-electron chi connectivity index (χ1n) is 15.9. The lowest BCUT2D eigenvalue weighted by Crippen LogP contribution is -2.36. The first kappa shape index (κ1) is 30.0. The van der Waals surface area contributed by atoms with Gasteiger partial charge in [-0.2, -0.15) is 0 Å². The van der Waals surface area contributed by atoms with Gasteiger partial charge in [-0.3, -0.25) is 9.78 Å². The SMILES string of the molecule is Cc1cc([C@H]2[C@H](c3ccccn3)NC(=S)N2CCC(=O)Nc2cccc3ccccc23)c(C)n1-c1ccc(N2CCOCC2)cc1. The zero-order valence-electron chi connectivity index (χ0n) is 26.1. The zero-order valence-corrected chi connectivity index (χ0v) is 27.0. The predicted octanol–water partition coefficient (Wildman–Crippen LogP) is 6.48. The minimum absolute atomic E-state index is 0.0509. The zero-order chi connectivity index (χ0) is 31.6. The Bertz CT molecular complexity index is 1860. The number of aryl methyl sites for hydroxylation is 1. The number of hydrogen-bond acceptors (Lipinski definition) is 5. The Balaban J connectivity index is 1.17. The number of pyridine rings is 1. The number of rotatable bonds is 8. The van der Waals surface area contributed by atoms with Crippen LogP contribution in [0.2, 0.25) is 0 Å². The summed E-state index contributed by atoms with van der Waals surface area (Å²) in [5, 5.41) is 9.42. The van der Waals surface area contributed by atoms with Crippen molar-refractivity contribution in [3.8, 4) is 5.69 Å². The third kappa shape index (κ3) is 5.84. The Kier molecular flexibility index (Phi) is 8.43. The highest BCUT2D eigenvalue weighted by Gasteiger charge is 2.41. The van der Waals surface area contributed by atoms with Crippen molar-refractivity contribution in [1.82, 2.24) is 19.8 Å². The third-order valence-corrected chi connectivity index (χ3v) is 9.47. The minimum atomic E-state index is -0.160. The lowest BCUT2D eigenvalue weighted by atomic mass is 9.96. The molecule has 2 aliphatic rings. The van der Waals surface area contributed by atoms with Crippen LogP contribution < -0.4 is 15.5 Å². The monoisotopic (exact) mass is 630 g/mol. The van der Waals surface area contributed by atoms with E-state index in [1.807, 2.05) is 54.7 Å². The van der Waals surface area contributed by atoms with E-state index in [2.05, 4.69) is 81.3 Å². The highest BCUT2D eigenvalue weighted by atomic mass is 32.1. The summed E-state index contributed by atoms with van der Waals surface area (Å²) in [5.41, 5.74) is 7.49. The molecule has 8 nitrogen and oxygen atoms in total. The molecule has 2 N–H and O–H groups in total. The maximum Gasteiger partial charge on any atom is 0.226 e. The number of thiocarbonyl (C=S) groups is 1. The summed E-state index contributed by atoms with van der Waals surface area (Å²) in [7, 11) is 0. The number of ether oxygens (including phenoxy) is 1. The summed E-state index contributed by atoms with van der Waals surface area (Å²) >= 11 is 5.93. The fourth-order valence-corrected chi connectivity index (χ4v) is 7.20. The van der Waals surface area contributed by atoms with E-state index < -0.39 is 0 Å². The summed E-state index contributed by atoms with van der Waals surface area (Å²) in [6, 6.07) is 30.7. The van der Waals surface area contributed by atoms with Crippen LogP contribution in [0.25, 0.3) is 16.5 Å². The van der Waals surface area contributed by atoms with Gasteiger partial charge in [0, 0.05) is 66.1 Å². The van der Waals surface area contributed by atoms with Crippen LogP contribution >= 0.6 is 12.2 Å². The van der Waals surface area contributed by atoms with Crippen LogP contribution in [0.5, 0.6) is 0 Å². The molecule has 5 aromatic rings. The smallest absolute Gasteiger partial charge is 0.226 e. The average Bonchev–Trinajstić information content (AvgIpc) is 3.58. The van der Waals surface area contributed by atoms with Crippen LogP contribution in [0, 0.1) is 13.8 Å². The molecule has 2 fully saturated rings. The molecule has 9 heteroatoms. The Morgan fingerprint density at radius 2 is 1.70 bits per heavy atom. The molecule has 2 atom stereocenters. The van der Waals surface area contributed by atoms with Crippen molar-refractivity contribution < 1.29 is 9.53 Å². The molecule has 2 aliphatic heterocycles. The Labute approximate surface area is 275 Å². The quantitative estimate of drug-likeness (QED) is 0.190. The summed E-state index contributed by atoms with van der Waals surface area (Å²) in [4.78, 5) is 22.6. The second-order valence-electron chi connectivity index (χ2n) is 11.9. The molecule has 0 spiro atoms. The van der Waals surface area contributed by atoms with E-state index in [1.165, 1.54) is 5.69 Å². The third-order valence-electron chi connectivity index (χ3n) is 9.11. The van der Waals surface area contributed by atoms with Crippen LogP contribution in [-0.2, 0) is 9.53 Å². The van der Waals surface area contributed by atoms with Crippen LogP contribution in [0.4, 0.5) is 11.4 Å². The summed E-state index contributed by atoms with van der Waals surface area (Å²) in [6.45, 7) is 8.11. The molecule has 2 aromatic heterocycles. The Morgan fingerprint density at radius 3 is 2.48 bits per heavy atom. The Morgan fingerprint density at radius 1 is 0.957 bits per heavy atom. The van der Waals surface area contributed by atoms with E-state index in [4.69, 9.17) is 21.9 Å². The lowest BCUT2D eigenvalue weighted by Gasteiger charge is -2.29. The number of hydrogen-bond donors (Lipinski definition) is 2. The van der Waals surface area contributed by atoms with Gasteiger partial charge in [-0.15, -0.1) is 0 Å². The molecule has 46 heavy (non-hydrogen) atoms. The van der Waals surface area contributed by atoms with E-state index >= 15 is 0 Å². The normalized spacial score (nSPS) is 18.2. The van der Waals surface area contributed by atoms with Crippen LogP contribution in [0.3, 0.4) is 0 Å². The topological polar surface area (TPSA) is 74.7 Å². The van der Waals surface area contributed by atoms with E-state index in [9.17, 15) is 4.79 Å². The second kappa shape index (κ2) is 12.9. The van der Waals surface area contributed by atoms with Gasteiger partial charge < -0.3 is 29.7 Å². The largest absolute Gasteiger partial charge is 0.378 e. The second-order valence-corrected chi connectivity index (χ2v) is 12.3. The van der Waals surface area contributed by atoms with Gasteiger partial charge in [0.05, 0.1) is 31.0 Å². The van der Waals surface area contributed by atoms with Gasteiger partial charge in [-0.05, 0) is 85.5 Å². The van der Waals surface area contributed by atoms with E-state index in [1.54, 1.807) is 0 Å². The number of fused-ring (bicyclic) bond motifs is 1. The van der Waals surface area contributed by atoms with Gasteiger partial charge >= 0.3 is 0 Å². The van der Waals surface area contributed by atoms with Crippen molar-refractivity contribution >= 4 is 45.4 Å². The van der Waals surface area contributed by atoms with Crippen molar-refractivity contribution in [3.63, 3.8) is 0 Å². The number of carbonyl (C=O) groups is 1. The molecular weight excluding hydrogens is 593 g/mol. The molecule has 0 radical (unpaired) electrons. The number of nitrogens with one attached hydrogen (secondary N) is 2. The molecule has 0 unspecified atom stereocenters. The highest BCUT2D eigenvalue weighted by molar-refractivity contribution is 7.80. The summed E-state index contributed by atoms with van der Waals surface area (Å²) in [6.07, 6.45) is 2.11. The van der Waals surface area contributed by atoms with Gasteiger partial charge in [0.15, 0.2) is 5.11 Å². The predicted molar refractivity (Wildman–Crippen MR) is 188 cm³/mol. The number of anilines is 2. The minimum Gasteiger partial charge on any atom is -0.378 e. The highest BCUT2D eigenvalue weighted by Crippen LogP contribution is 2.41. The van der Waals surface area contributed by atoms with Gasteiger partial charge in [0.1, 0.15) is 0 Å². The van der Waals surface area contributed by atoms with Crippen molar-refractivity contribution in [2.24, 2.45) is 0 Å². The summed E-state index contributed by atoms with van der Waals surface area (Å²) < 4.78 is 7.84. The van der Waals surface area contributed by atoms with E-state index in [-0.39, 0.29) is 24.4 Å². The fourth-order valence-electron chi connectivity index (χ4n) is 6.87. The first-order chi connectivity index (χ1) is 22.5. The van der Waals surface area contributed by atoms with Crippen molar-refractivity contribution in [2.75, 3.05) is 43.1 Å². The van der Waals surface area contributed by atoms with Crippen LogP contribution in [0.15, 0.2) is 97.2 Å². The van der Waals surface area contributed by atoms with Crippen LogP contribution in [-0.4, -0.2) is 58.3 Å². The summed E-state index contributed by atoms with van der Waals surface area (Å²) in [5.74, 6) is -0.0509. The Hall–Kier alpha value is -4.73. The van der Waals surface area contributed by atoms with E-state index in [0.717, 1.165) is 71.1 Å². The molecule has 0 aliphatic carbocycles. The maximum atomic E-state index is 13.3. The molecular formula is C37H38N6O2S. The molecule has 4 heterocycles. The molecule has 1 amide bonds. The molecule has 2 saturated heterocycles. The number of amides is 1. The number of nitrogens with zero attached hydrogens (tertiary/aromatic N) is 4. The molecule has 0 bridgehead atoms. The average molecular weight is 631 g/mol. The molecule has 7 rings (SSSR count). The maximum absolute atomic E-state index is 13.3. The first-order valence-corrected chi connectivity index (χ1v) is 16.3. The fraction of sp³-hybridized carbons (Fsp3) is 0.270. The van der Waals surface area contributed by atoms with E-state index in [0.29, 0.717) is 11.7 Å². The molecule has 234 valence electrons.